The molecule has 7 nitrogen and oxygen atoms in total. The minimum Gasteiger partial charge on any atom is -0.338 e. The van der Waals surface area contributed by atoms with Gasteiger partial charge in [-0.05, 0) is 43.0 Å². The fraction of sp³-hybridized carbons (Fsp3) is 0.368. The van der Waals surface area contributed by atoms with Gasteiger partial charge in [0.25, 0.3) is 5.91 Å². The molecule has 0 saturated carbocycles. The number of nitrogens with zero attached hydrogens (tertiary/aromatic N) is 5. The molecule has 0 unspecified atom stereocenters. The second-order valence-electron chi connectivity index (χ2n) is 6.67. The first-order valence-electron chi connectivity index (χ1n) is 9.02. The molecule has 1 saturated heterocycles. The molecule has 4 rings (SSSR count). The van der Waals surface area contributed by atoms with Gasteiger partial charge in [0, 0.05) is 36.0 Å². The van der Waals surface area contributed by atoms with Crippen molar-refractivity contribution in [2.24, 2.45) is 0 Å². The van der Waals surface area contributed by atoms with E-state index in [1.54, 1.807) is 17.2 Å². The first kappa shape index (κ1) is 16.5. The van der Waals surface area contributed by atoms with Crippen LogP contribution in [0.15, 0.2) is 43.1 Å². The normalized spacial score (nSPS) is 17.4. The summed E-state index contributed by atoms with van der Waals surface area (Å²) >= 11 is 0. The zero-order chi connectivity index (χ0) is 17.9. The van der Waals surface area contributed by atoms with E-state index in [2.05, 4.69) is 27.3 Å². The maximum Gasteiger partial charge on any atom is 0.253 e. The lowest BCUT2D eigenvalue weighted by molar-refractivity contribution is 0.0705. The zero-order valence-electron chi connectivity index (χ0n) is 14.8. The van der Waals surface area contributed by atoms with Gasteiger partial charge >= 0.3 is 0 Å². The number of amides is 1. The number of likely N-dealkylation sites (tertiary alicyclic amines) is 1. The number of nitrogens with one attached hydrogen (secondary N) is 1. The summed E-state index contributed by atoms with van der Waals surface area (Å²) in [7, 11) is 0. The average Bonchev–Trinajstić information content (AvgIpc) is 3.39. The summed E-state index contributed by atoms with van der Waals surface area (Å²) < 4.78 is 1.80. The highest BCUT2D eigenvalue weighted by molar-refractivity contribution is 5.94. The Morgan fingerprint density at radius 3 is 2.96 bits per heavy atom. The number of benzene rings is 1. The number of H-pyrrole nitrogens is 1. The van der Waals surface area contributed by atoms with Gasteiger partial charge in [-0.15, -0.1) is 10.2 Å². The van der Waals surface area contributed by atoms with Gasteiger partial charge < -0.3 is 4.90 Å². The molecule has 3 aromatic rings. The van der Waals surface area contributed by atoms with Crippen LogP contribution in [0.4, 0.5) is 0 Å². The highest BCUT2D eigenvalue weighted by Gasteiger charge is 2.27. The van der Waals surface area contributed by atoms with E-state index in [-0.39, 0.29) is 5.91 Å². The second kappa shape index (κ2) is 7.11. The van der Waals surface area contributed by atoms with Crippen molar-refractivity contribution in [3.8, 4) is 5.69 Å². The lowest BCUT2D eigenvalue weighted by Gasteiger charge is -2.33. The van der Waals surface area contributed by atoms with Crippen LogP contribution in [0, 0.1) is 0 Å². The number of hydrogen-bond acceptors (Lipinski definition) is 4. The molecular formula is C19H22N6O. The Morgan fingerprint density at radius 1 is 1.31 bits per heavy atom. The zero-order valence-corrected chi connectivity index (χ0v) is 14.8. The Hall–Kier alpha value is -2.96. The van der Waals surface area contributed by atoms with Gasteiger partial charge in [-0.2, -0.15) is 5.10 Å². The molecule has 0 radical (unpaired) electrons. The largest absolute Gasteiger partial charge is 0.338 e. The van der Waals surface area contributed by atoms with Gasteiger partial charge in [-0.25, -0.2) is 0 Å². The Bertz CT molecular complexity index is 885. The number of piperidine rings is 1. The smallest absolute Gasteiger partial charge is 0.253 e. The molecule has 1 aliphatic heterocycles. The summed E-state index contributed by atoms with van der Waals surface area (Å²) in [6.07, 6.45) is 8.20. The molecule has 2 aromatic heterocycles. The average molecular weight is 350 g/mol. The molecule has 0 spiro atoms. The van der Waals surface area contributed by atoms with Gasteiger partial charge in [0.1, 0.15) is 12.7 Å². The van der Waals surface area contributed by atoms with Crippen LogP contribution in [0.2, 0.25) is 0 Å². The van der Waals surface area contributed by atoms with E-state index in [1.807, 2.05) is 35.4 Å². The molecule has 1 fully saturated rings. The molecule has 7 heteroatoms. The number of carbonyl (C=O) groups is 1. The monoisotopic (exact) mass is 350 g/mol. The van der Waals surface area contributed by atoms with Gasteiger partial charge in [0.05, 0.1) is 6.20 Å². The van der Waals surface area contributed by atoms with Gasteiger partial charge in [-0.3, -0.25) is 14.5 Å². The molecule has 1 N–H and O–H groups in total. The van der Waals surface area contributed by atoms with Crippen LogP contribution in [0.25, 0.3) is 5.69 Å². The van der Waals surface area contributed by atoms with E-state index >= 15 is 0 Å². The van der Waals surface area contributed by atoms with Crippen molar-refractivity contribution in [1.82, 2.24) is 29.9 Å². The van der Waals surface area contributed by atoms with E-state index in [0.717, 1.165) is 38.0 Å². The van der Waals surface area contributed by atoms with Crippen molar-refractivity contribution in [3.63, 3.8) is 0 Å². The molecule has 0 aliphatic carbocycles. The highest BCUT2D eigenvalue weighted by Crippen LogP contribution is 2.29. The summed E-state index contributed by atoms with van der Waals surface area (Å²) in [4.78, 5) is 15.0. The summed E-state index contributed by atoms with van der Waals surface area (Å²) in [5.74, 6) is 0.397. The molecule has 26 heavy (non-hydrogen) atoms. The van der Waals surface area contributed by atoms with Crippen molar-refractivity contribution >= 4 is 5.91 Å². The number of aryl methyl sites for hydroxylation is 1. The minimum atomic E-state index is 0.0715. The summed E-state index contributed by atoms with van der Waals surface area (Å²) in [5, 5.41) is 15.0. The number of rotatable bonds is 4. The fourth-order valence-corrected chi connectivity index (χ4v) is 3.67. The quantitative estimate of drug-likeness (QED) is 0.784. The Labute approximate surface area is 152 Å². The predicted octanol–water partition coefficient (Wildman–Crippen LogP) is 2.57. The molecule has 0 bridgehead atoms. The molecule has 3 heterocycles. The van der Waals surface area contributed by atoms with Crippen molar-refractivity contribution in [3.05, 3.63) is 59.9 Å². The van der Waals surface area contributed by atoms with Gasteiger partial charge in [0.15, 0.2) is 0 Å². The number of carbonyl (C=O) groups excluding carboxylic acids is 1. The van der Waals surface area contributed by atoms with E-state index in [9.17, 15) is 4.79 Å². The van der Waals surface area contributed by atoms with E-state index in [4.69, 9.17) is 0 Å². The summed E-state index contributed by atoms with van der Waals surface area (Å²) in [6, 6.07) is 7.60. The highest BCUT2D eigenvalue weighted by atomic mass is 16.2. The van der Waals surface area contributed by atoms with Crippen molar-refractivity contribution in [2.45, 2.75) is 32.1 Å². The van der Waals surface area contributed by atoms with Crippen molar-refractivity contribution in [1.29, 1.82) is 0 Å². The van der Waals surface area contributed by atoms with Crippen LogP contribution < -0.4 is 0 Å². The predicted molar refractivity (Wildman–Crippen MR) is 97.2 cm³/mol. The lowest BCUT2D eigenvalue weighted by atomic mass is 9.91. The second-order valence-corrected chi connectivity index (χ2v) is 6.67. The molecule has 1 aromatic carbocycles. The van der Waals surface area contributed by atoms with Crippen LogP contribution in [0.3, 0.4) is 0 Å². The third-order valence-corrected chi connectivity index (χ3v) is 5.06. The number of aromatic amines is 1. The maximum absolute atomic E-state index is 13.1. The molecule has 1 atom stereocenters. The van der Waals surface area contributed by atoms with Crippen LogP contribution in [0.1, 0.15) is 47.3 Å². The summed E-state index contributed by atoms with van der Waals surface area (Å²) in [5.41, 5.74) is 4.01. The van der Waals surface area contributed by atoms with Crippen LogP contribution in [-0.4, -0.2) is 48.9 Å². The fourth-order valence-electron chi connectivity index (χ4n) is 3.67. The lowest BCUT2D eigenvalue weighted by Crippen LogP contribution is -2.39. The topological polar surface area (TPSA) is 79.7 Å². The van der Waals surface area contributed by atoms with Crippen molar-refractivity contribution < 1.29 is 4.79 Å². The van der Waals surface area contributed by atoms with Gasteiger partial charge in [-0.1, -0.05) is 13.0 Å². The standard InChI is InChI=1S/C19H22N6O/c1-2-14-10-20-23-18(14)16-6-4-8-24(11-16)19(26)15-5-3-7-17(9-15)25-12-21-22-13-25/h3,5,7,9-10,12-13,16H,2,4,6,8,11H2,1H3,(H,20,23)/t16-/m0/s1. The number of hydrogen-bond donors (Lipinski definition) is 1. The Morgan fingerprint density at radius 2 is 2.15 bits per heavy atom. The van der Waals surface area contributed by atoms with Crippen LogP contribution >= 0.6 is 0 Å². The maximum atomic E-state index is 13.1. The Balaban J connectivity index is 1.54. The number of aromatic nitrogens is 5. The third-order valence-electron chi connectivity index (χ3n) is 5.06. The van der Waals surface area contributed by atoms with E-state index in [1.165, 1.54) is 11.3 Å². The van der Waals surface area contributed by atoms with E-state index < -0.39 is 0 Å². The first-order valence-corrected chi connectivity index (χ1v) is 9.02. The molecular weight excluding hydrogens is 328 g/mol. The molecule has 1 aliphatic rings. The SMILES string of the molecule is CCc1cn[nH]c1[C@H]1CCCN(C(=O)c2cccc(-n3cnnc3)c2)C1. The first-order chi connectivity index (χ1) is 12.8. The molecule has 1 amide bonds. The minimum absolute atomic E-state index is 0.0715. The van der Waals surface area contributed by atoms with Crippen LogP contribution in [0.5, 0.6) is 0 Å². The molecule has 134 valence electrons. The Kier molecular flexibility index (Phi) is 4.51. The van der Waals surface area contributed by atoms with E-state index in [0.29, 0.717) is 11.5 Å². The van der Waals surface area contributed by atoms with Gasteiger partial charge in [0.2, 0.25) is 0 Å². The van der Waals surface area contributed by atoms with Crippen LogP contribution in [-0.2, 0) is 6.42 Å². The third kappa shape index (κ3) is 3.12. The van der Waals surface area contributed by atoms with Crippen molar-refractivity contribution in [2.75, 3.05) is 13.1 Å². The summed E-state index contributed by atoms with van der Waals surface area (Å²) in [6.45, 7) is 3.66.